The molecule has 0 radical (unpaired) electrons. The molecule has 0 saturated carbocycles. The van der Waals surface area contributed by atoms with E-state index in [-0.39, 0.29) is 5.75 Å². The smallest absolute Gasteiger partial charge is 0.313 e. The van der Waals surface area contributed by atoms with E-state index in [9.17, 15) is 4.79 Å². The molecule has 102 valence electrons. The van der Waals surface area contributed by atoms with Crippen LogP contribution < -0.4 is 0 Å². The van der Waals surface area contributed by atoms with Crippen molar-refractivity contribution in [3.63, 3.8) is 0 Å². The minimum absolute atomic E-state index is 0.0554. The van der Waals surface area contributed by atoms with Gasteiger partial charge < -0.3 is 9.84 Å². The van der Waals surface area contributed by atoms with Crippen LogP contribution in [0, 0.1) is 5.92 Å². The van der Waals surface area contributed by atoms with Gasteiger partial charge in [-0.25, -0.2) is 0 Å². The van der Waals surface area contributed by atoms with Gasteiger partial charge in [-0.1, -0.05) is 25.6 Å². The van der Waals surface area contributed by atoms with Crippen LogP contribution in [0.1, 0.15) is 26.0 Å². The van der Waals surface area contributed by atoms with Crippen LogP contribution in [-0.4, -0.2) is 33.7 Å². The lowest BCUT2D eigenvalue weighted by Gasteiger charge is -2.08. The molecule has 0 aromatic carbocycles. The lowest BCUT2D eigenvalue weighted by molar-refractivity contribution is -0.133. The van der Waals surface area contributed by atoms with Gasteiger partial charge in [0.15, 0.2) is 0 Å². The third-order valence-electron chi connectivity index (χ3n) is 2.35. The Balaban J connectivity index is 2.72. The normalized spacial score (nSPS) is 11.1. The maximum atomic E-state index is 10.6. The second-order valence-corrected chi connectivity index (χ2v) is 5.49. The maximum absolute atomic E-state index is 10.6. The van der Waals surface area contributed by atoms with Crippen molar-refractivity contribution in [3.05, 3.63) is 11.8 Å². The average molecular weight is 272 g/mol. The highest BCUT2D eigenvalue weighted by atomic mass is 32.2. The summed E-state index contributed by atoms with van der Waals surface area (Å²) in [6.45, 7) is 5.58. The summed E-state index contributed by atoms with van der Waals surface area (Å²) in [4.78, 5) is 10.6. The van der Waals surface area contributed by atoms with Gasteiger partial charge >= 0.3 is 5.97 Å². The van der Waals surface area contributed by atoms with E-state index in [1.165, 1.54) is 11.8 Å². The molecule has 0 spiro atoms. The number of carboxylic acids is 1. The van der Waals surface area contributed by atoms with Gasteiger partial charge in [0.05, 0.1) is 23.1 Å². The zero-order valence-electron chi connectivity index (χ0n) is 11.0. The maximum Gasteiger partial charge on any atom is 0.313 e. The molecule has 0 amide bonds. The third kappa shape index (κ3) is 5.10. The number of hydrogen-bond acceptors (Lipinski definition) is 4. The van der Waals surface area contributed by atoms with Crippen LogP contribution in [0.4, 0.5) is 0 Å². The first kappa shape index (κ1) is 15.0. The first-order valence-electron chi connectivity index (χ1n) is 5.93. The van der Waals surface area contributed by atoms with Gasteiger partial charge in [0, 0.05) is 13.7 Å². The van der Waals surface area contributed by atoms with E-state index in [0.717, 1.165) is 23.7 Å². The summed E-state index contributed by atoms with van der Waals surface area (Å²) in [5, 5.41) is 14.0. The van der Waals surface area contributed by atoms with E-state index >= 15 is 0 Å². The Morgan fingerprint density at radius 1 is 1.61 bits per heavy atom. The number of aliphatic carboxylic acids is 1. The fraction of sp³-hybridized carbons (Fsp3) is 0.667. The highest BCUT2D eigenvalue weighted by Crippen LogP contribution is 2.20. The van der Waals surface area contributed by atoms with Crippen molar-refractivity contribution in [2.45, 2.75) is 38.4 Å². The van der Waals surface area contributed by atoms with E-state index in [1.807, 2.05) is 10.7 Å². The Hall–Kier alpha value is -1.01. The van der Waals surface area contributed by atoms with E-state index in [0.29, 0.717) is 12.5 Å². The second-order valence-electron chi connectivity index (χ2n) is 4.50. The van der Waals surface area contributed by atoms with Gasteiger partial charge in [0.2, 0.25) is 0 Å². The first-order valence-corrected chi connectivity index (χ1v) is 6.91. The predicted octanol–water partition coefficient (Wildman–Crippen LogP) is 2.25. The monoisotopic (exact) mass is 272 g/mol. The van der Waals surface area contributed by atoms with Crippen LogP contribution in [0.2, 0.25) is 0 Å². The van der Waals surface area contributed by atoms with Crippen LogP contribution in [0.15, 0.2) is 11.1 Å². The first-order chi connectivity index (χ1) is 8.52. The molecule has 0 unspecified atom stereocenters. The van der Waals surface area contributed by atoms with Crippen LogP contribution in [0.25, 0.3) is 0 Å². The summed E-state index contributed by atoms with van der Waals surface area (Å²) in [5.41, 5.74) is 0.842. The molecule has 6 heteroatoms. The summed E-state index contributed by atoms with van der Waals surface area (Å²) in [6.07, 6.45) is 1.02. The summed E-state index contributed by atoms with van der Waals surface area (Å²) < 4.78 is 6.92. The molecule has 0 atom stereocenters. The van der Waals surface area contributed by atoms with Gasteiger partial charge in [-0.05, 0) is 18.4 Å². The number of thioether (sulfide) groups is 1. The van der Waals surface area contributed by atoms with Crippen molar-refractivity contribution >= 4 is 17.7 Å². The number of methoxy groups -OCH3 is 1. The molecule has 1 aromatic rings. The molecular weight excluding hydrogens is 252 g/mol. The molecule has 5 nitrogen and oxygen atoms in total. The van der Waals surface area contributed by atoms with Crippen molar-refractivity contribution in [2.24, 2.45) is 5.92 Å². The largest absolute Gasteiger partial charge is 0.481 e. The molecule has 0 aliphatic rings. The lowest BCUT2D eigenvalue weighted by atomic mass is 10.1. The van der Waals surface area contributed by atoms with Crippen LogP contribution >= 0.6 is 11.8 Å². The minimum Gasteiger partial charge on any atom is -0.481 e. The van der Waals surface area contributed by atoms with Crippen molar-refractivity contribution in [1.82, 2.24) is 9.78 Å². The Morgan fingerprint density at radius 3 is 2.89 bits per heavy atom. The van der Waals surface area contributed by atoms with Gasteiger partial charge in [0.1, 0.15) is 0 Å². The molecule has 0 fully saturated rings. The van der Waals surface area contributed by atoms with Gasteiger partial charge in [0.25, 0.3) is 0 Å². The number of carbonyl (C=O) groups is 1. The topological polar surface area (TPSA) is 64.3 Å². The van der Waals surface area contributed by atoms with E-state index in [1.54, 1.807) is 7.11 Å². The second kappa shape index (κ2) is 7.43. The van der Waals surface area contributed by atoms with E-state index in [2.05, 4.69) is 18.9 Å². The number of aryl methyl sites for hydroxylation is 1. The fourth-order valence-corrected chi connectivity index (χ4v) is 2.23. The minimum atomic E-state index is -0.815. The summed E-state index contributed by atoms with van der Waals surface area (Å²) in [7, 11) is 1.62. The number of carboxylic acid groups (broad SMARTS) is 1. The molecule has 1 aromatic heterocycles. The number of aromatic nitrogens is 2. The lowest BCUT2D eigenvalue weighted by Crippen LogP contribution is -2.06. The van der Waals surface area contributed by atoms with Crippen molar-refractivity contribution in [2.75, 3.05) is 12.9 Å². The number of ether oxygens (including phenoxy) is 1. The Morgan fingerprint density at radius 2 is 2.33 bits per heavy atom. The predicted molar refractivity (Wildman–Crippen MR) is 70.8 cm³/mol. The quantitative estimate of drug-likeness (QED) is 0.735. The van der Waals surface area contributed by atoms with Crippen LogP contribution in [-0.2, 0) is 22.7 Å². The van der Waals surface area contributed by atoms with Gasteiger partial charge in [-0.15, -0.1) is 0 Å². The van der Waals surface area contributed by atoms with Crippen molar-refractivity contribution in [1.29, 1.82) is 0 Å². The molecule has 1 rings (SSSR count). The Bertz CT molecular complexity index is 391. The van der Waals surface area contributed by atoms with Crippen LogP contribution in [0.5, 0.6) is 0 Å². The number of rotatable bonds is 8. The summed E-state index contributed by atoms with van der Waals surface area (Å²) in [5.74, 6) is -0.165. The molecule has 0 bridgehead atoms. The molecule has 1 heterocycles. The standard InChI is InChI=1S/C12H20N2O3S/c1-9(2)4-5-14-11(18-8-12(15)16)6-10(13-14)7-17-3/h6,9H,4-5,7-8H2,1-3H3,(H,15,16). The average Bonchev–Trinajstić information content (AvgIpc) is 2.66. The van der Waals surface area contributed by atoms with Crippen LogP contribution in [0.3, 0.4) is 0 Å². The highest BCUT2D eigenvalue weighted by molar-refractivity contribution is 7.99. The number of hydrogen-bond donors (Lipinski definition) is 1. The van der Waals surface area contributed by atoms with Crippen molar-refractivity contribution < 1.29 is 14.6 Å². The number of nitrogens with zero attached hydrogens (tertiary/aromatic N) is 2. The highest BCUT2D eigenvalue weighted by Gasteiger charge is 2.10. The molecule has 0 aliphatic carbocycles. The third-order valence-corrected chi connectivity index (χ3v) is 3.36. The Labute approximate surface area is 112 Å². The van der Waals surface area contributed by atoms with E-state index < -0.39 is 5.97 Å². The Kier molecular flexibility index (Phi) is 6.21. The molecule has 0 saturated heterocycles. The van der Waals surface area contributed by atoms with Crippen molar-refractivity contribution in [3.8, 4) is 0 Å². The summed E-state index contributed by atoms with van der Waals surface area (Å²) in [6, 6.07) is 1.90. The fourth-order valence-electron chi connectivity index (χ4n) is 1.46. The van der Waals surface area contributed by atoms with Gasteiger partial charge in [-0.2, -0.15) is 5.10 Å². The molecular formula is C12H20N2O3S. The zero-order chi connectivity index (χ0) is 13.5. The molecule has 18 heavy (non-hydrogen) atoms. The molecule has 0 aliphatic heterocycles. The van der Waals surface area contributed by atoms with Gasteiger partial charge in [-0.3, -0.25) is 9.48 Å². The zero-order valence-corrected chi connectivity index (χ0v) is 11.9. The van der Waals surface area contributed by atoms with E-state index in [4.69, 9.17) is 9.84 Å². The molecule has 1 N–H and O–H groups in total. The SMILES string of the molecule is COCc1cc(SCC(=O)O)n(CCC(C)C)n1. The summed E-state index contributed by atoms with van der Waals surface area (Å²) >= 11 is 1.30.